The number of carbonyl (C=O) groups is 2. The molecule has 0 aliphatic carbocycles. The molecule has 0 aromatic heterocycles. The van der Waals surface area contributed by atoms with Gasteiger partial charge in [-0.05, 0) is 41.8 Å². The molecule has 0 saturated carbocycles. The highest BCUT2D eigenvalue weighted by molar-refractivity contribution is 5.85. The Morgan fingerprint density at radius 1 is 1.15 bits per heavy atom. The van der Waals surface area contributed by atoms with Crippen LogP contribution in [0.25, 0.3) is 11.1 Å². The van der Waals surface area contributed by atoms with E-state index in [9.17, 15) is 9.59 Å². The van der Waals surface area contributed by atoms with E-state index in [1.54, 1.807) is 12.1 Å². The second kappa shape index (κ2) is 7.70. The lowest BCUT2D eigenvalue weighted by Gasteiger charge is -2.12. The van der Waals surface area contributed by atoms with Crippen LogP contribution >= 0.6 is 0 Å². The fourth-order valence-corrected chi connectivity index (χ4v) is 3.00. The number of benzene rings is 2. The van der Waals surface area contributed by atoms with Crippen LogP contribution in [0.2, 0.25) is 0 Å². The second-order valence-electron chi connectivity index (χ2n) is 6.26. The Morgan fingerprint density at radius 3 is 2.35 bits per heavy atom. The van der Waals surface area contributed by atoms with E-state index in [0.717, 1.165) is 11.1 Å². The average molecular weight is 350 g/mol. The van der Waals surface area contributed by atoms with Crippen LogP contribution in [-0.4, -0.2) is 29.6 Å². The summed E-state index contributed by atoms with van der Waals surface area (Å²) in [5, 5.41) is 20.4. The van der Waals surface area contributed by atoms with Crippen molar-refractivity contribution in [2.75, 3.05) is 6.61 Å². The van der Waals surface area contributed by atoms with Gasteiger partial charge in [-0.1, -0.05) is 24.3 Å². The van der Waals surface area contributed by atoms with Gasteiger partial charge in [-0.25, -0.2) is 0 Å². The fraction of sp³-hybridized carbons (Fsp3) is 0.250. The predicted molar refractivity (Wildman–Crippen MR) is 94.4 cm³/mol. The summed E-state index contributed by atoms with van der Waals surface area (Å²) in [5.74, 6) is -1.000. The fourth-order valence-electron chi connectivity index (χ4n) is 3.00. The first-order valence-corrected chi connectivity index (χ1v) is 8.30. The first-order chi connectivity index (χ1) is 12.5. The molecule has 2 aromatic carbocycles. The molecule has 0 spiro atoms. The number of nitrogens with one attached hydrogen (secondary N) is 1. The van der Waals surface area contributed by atoms with Gasteiger partial charge in [-0.3, -0.25) is 9.59 Å². The molecule has 2 aromatic rings. The molecule has 1 saturated heterocycles. The lowest BCUT2D eigenvalue weighted by Crippen LogP contribution is -2.31. The number of hydrogen-bond acceptors (Lipinski definition) is 4. The molecule has 26 heavy (non-hydrogen) atoms. The van der Waals surface area contributed by atoms with Crippen LogP contribution in [0.3, 0.4) is 0 Å². The quantitative estimate of drug-likeness (QED) is 0.834. The molecule has 1 aliphatic rings. The Bertz CT molecular complexity index is 838. The molecule has 0 bridgehead atoms. The molecule has 2 N–H and O–H groups in total. The van der Waals surface area contributed by atoms with E-state index in [4.69, 9.17) is 15.1 Å². The summed E-state index contributed by atoms with van der Waals surface area (Å²) in [4.78, 5) is 22.5. The van der Waals surface area contributed by atoms with Crippen LogP contribution in [0.5, 0.6) is 5.75 Å². The lowest BCUT2D eigenvalue weighted by atomic mass is 10.0. The summed E-state index contributed by atoms with van der Waals surface area (Å²) >= 11 is 0. The largest absolute Gasteiger partial charge is 0.491 e. The van der Waals surface area contributed by atoms with Crippen molar-refractivity contribution in [1.82, 2.24) is 5.32 Å². The van der Waals surface area contributed by atoms with Gasteiger partial charge < -0.3 is 15.2 Å². The van der Waals surface area contributed by atoms with Gasteiger partial charge in [0.05, 0.1) is 30.0 Å². The van der Waals surface area contributed by atoms with Crippen molar-refractivity contribution in [3.63, 3.8) is 0 Å². The van der Waals surface area contributed by atoms with Crippen molar-refractivity contribution in [2.24, 2.45) is 5.92 Å². The van der Waals surface area contributed by atoms with Gasteiger partial charge in [0.15, 0.2) is 0 Å². The maximum atomic E-state index is 11.7. The number of ether oxygens (including phenoxy) is 1. The smallest absolute Gasteiger partial charge is 0.304 e. The van der Waals surface area contributed by atoms with Crippen molar-refractivity contribution in [1.29, 1.82) is 5.26 Å². The Balaban J connectivity index is 1.55. The maximum absolute atomic E-state index is 11.7. The number of nitrogens with zero attached hydrogens (tertiary/aromatic N) is 1. The Morgan fingerprint density at radius 2 is 1.77 bits per heavy atom. The number of aliphatic carboxylic acids is 1. The highest BCUT2D eigenvalue weighted by Crippen LogP contribution is 2.24. The van der Waals surface area contributed by atoms with E-state index in [1.807, 2.05) is 36.4 Å². The number of carboxylic acids is 1. The van der Waals surface area contributed by atoms with Crippen LogP contribution in [0.4, 0.5) is 0 Å². The number of carboxylic acid groups (broad SMARTS) is 1. The van der Waals surface area contributed by atoms with Crippen LogP contribution in [0, 0.1) is 17.2 Å². The van der Waals surface area contributed by atoms with Crippen LogP contribution in [-0.2, 0) is 9.59 Å². The zero-order valence-corrected chi connectivity index (χ0v) is 14.0. The van der Waals surface area contributed by atoms with Gasteiger partial charge in [0.1, 0.15) is 12.4 Å². The van der Waals surface area contributed by atoms with Crippen LogP contribution < -0.4 is 10.1 Å². The summed E-state index contributed by atoms with van der Waals surface area (Å²) in [6.45, 7) is 0.304. The molecular weight excluding hydrogens is 332 g/mol. The Hall–Kier alpha value is -3.33. The summed E-state index contributed by atoms with van der Waals surface area (Å²) in [7, 11) is 0. The first kappa shape index (κ1) is 17.5. The molecule has 132 valence electrons. The van der Waals surface area contributed by atoms with Crippen molar-refractivity contribution < 1.29 is 19.4 Å². The molecule has 1 fully saturated rings. The highest BCUT2D eigenvalue weighted by atomic mass is 16.5. The molecule has 0 unspecified atom stereocenters. The van der Waals surface area contributed by atoms with Gasteiger partial charge in [-0.15, -0.1) is 0 Å². The van der Waals surface area contributed by atoms with Crippen molar-refractivity contribution in [3.05, 3.63) is 54.1 Å². The minimum Gasteiger partial charge on any atom is -0.491 e. The molecule has 6 nitrogen and oxygen atoms in total. The molecule has 1 amide bonds. The summed E-state index contributed by atoms with van der Waals surface area (Å²) in [6.07, 6.45) is 0.316. The standard InChI is InChI=1S/C20H18N2O4/c21-11-13-1-3-14(4-2-13)15-5-7-18(8-6-15)26-12-17-9-16(10-19(23)24)20(25)22-17/h1-8,16-17H,9-10,12H2,(H,22,25)(H,23,24)/t16-,17+/m1/s1. The van der Waals surface area contributed by atoms with Crippen molar-refractivity contribution in [2.45, 2.75) is 18.9 Å². The van der Waals surface area contributed by atoms with Crippen molar-refractivity contribution in [3.8, 4) is 22.9 Å². The van der Waals surface area contributed by atoms with Gasteiger partial charge in [0.2, 0.25) is 5.91 Å². The number of nitriles is 1. The molecular formula is C20H18N2O4. The molecule has 1 aliphatic heterocycles. The molecule has 0 radical (unpaired) electrons. The summed E-state index contributed by atoms with van der Waals surface area (Å²) in [6, 6.07) is 16.8. The Labute approximate surface area is 151 Å². The number of amides is 1. The predicted octanol–water partition coefficient (Wildman–Crippen LogP) is 2.58. The van der Waals surface area contributed by atoms with Gasteiger partial charge in [0.25, 0.3) is 0 Å². The molecule has 2 atom stereocenters. The molecule has 6 heteroatoms. The van der Waals surface area contributed by atoms with E-state index in [-0.39, 0.29) is 18.4 Å². The second-order valence-corrected chi connectivity index (χ2v) is 6.26. The number of carbonyl (C=O) groups excluding carboxylic acids is 1. The zero-order valence-electron chi connectivity index (χ0n) is 14.0. The third-order valence-electron chi connectivity index (χ3n) is 4.36. The Kier molecular flexibility index (Phi) is 5.18. The van der Waals surface area contributed by atoms with E-state index in [1.165, 1.54) is 0 Å². The minimum atomic E-state index is -0.967. The van der Waals surface area contributed by atoms with Crippen molar-refractivity contribution >= 4 is 11.9 Å². The van der Waals surface area contributed by atoms with Crippen LogP contribution in [0.15, 0.2) is 48.5 Å². The van der Waals surface area contributed by atoms with Crippen LogP contribution in [0.1, 0.15) is 18.4 Å². The van der Waals surface area contributed by atoms with E-state index in [0.29, 0.717) is 24.3 Å². The monoisotopic (exact) mass is 350 g/mol. The van der Waals surface area contributed by atoms with E-state index < -0.39 is 11.9 Å². The minimum absolute atomic E-state index is 0.151. The maximum Gasteiger partial charge on any atom is 0.304 e. The topological polar surface area (TPSA) is 99.4 Å². The third kappa shape index (κ3) is 4.19. The van der Waals surface area contributed by atoms with Gasteiger partial charge in [0, 0.05) is 0 Å². The average Bonchev–Trinajstić information content (AvgIpc) is 2.99. The number of hydrogen-bond donors (Lipinski definition) is 2. The SMILES string of the molecule is N#Cc1ccc(-c2ccc(OC[C@@H]3C[C@H](CC(=O)O)C(=O)N3)cc2)cc1. The summed E-state index contributed by atoms with van der Waals surface area (Å²) < 4.78 is 5.71. The third-order valence-corrected chi connectivity index (χ3v) is 4.36. The zero-order chi connectivity index (χ0) is 18.5. The normalized spacial score (nSPS) is 18.8. The summed E-state index contributed by atoms with van der Waals surface area (Å²) in [5.41, 5.74) is 2.64. The first-order valence-electron chi connectivity index (χ1n) is 8.30. The lowest BCUT2D eigenvalue weighted by molar-refractivity contribution is -0.140. The van der Waals surface area contributed by atoms with E-state index >= 15 is 0 Å². The van der Waals surface area contributed by atoms with Gasteiger partial charge >= 0.3 is 5.97 Å². The highest BCUT2D eigenvalue weighted by Gasteiger charge is 2.33. The number of rotatable bonds is 6. The van der Waals surface area contributed by atoms with E-state index in [2.05, 4.69) is 11.4 Å². The van der Waals surface area contributed by atoms with Gasteiger partial charge in [-0.2, -0.15) is 5.26 Å². The molecule has 3 rings (SSSR count). The molecule has 1 heterocycles.